The third-order valence-electron chi connectivity index (χ3n) is 4.49. The van der Waals surface area contributed by atoms with Crippen molar-refractivity contribution >= 4 is 28.3 Å². The molecule has 1 aromatic carbocycles. The standard InChI is InChI=1S/C17H19N3O3S/c21-14(19-16-18-8-11-24-16)12-20-9-6-17(7-10-20,15(22)23)13-4-2-1-3-5-13/h1-5,8,11H,6-7,9-10,12H2,(H,22,23)(H,18,19,21). The van der Waals surface area contributed by atoms with E-state index in [0.29, 0.717) is 31.1 Å². The first-order valence-corrected chi connectivity index (χ1v) is 8.69. The molecule has 2 aromatic rings. The van der Waals surface area contributed by atoms with Crippen molar-refractivity contribution < 1.29 is 14.7 Å². The van der Waals surface area contributed by atoms with E-state index in [2.05, 4.69) is 10.3 Å². The average molecular weight is 345 g/mol. The molecule has 0 aliphatic carbocycles. The second-order valence-electron chi connectivity index (χ2n) is 5.91. The summed E-state index contributed by atoms with van der Waals surface area (Å²) in [6, 6.07) is 9.37. The van der Waals surface area contributed by atoms with Crippen LogP contribution in [-0.4, -0.2) is 46.5 Å². The van der Waals surface area contributed by atoms with Crippen molar-refractivity contribution in [1.29, 1.82) is 0 Å². The fraction of sp³-hybridized carbons (Fsp3) is 0.353. The largest absolute Gasteiger partial charge is 0.481 e. The Balaban J connectivity index is 1.61. The van der Waals surface area contributed by atoms with Crippen LogP contribution in [0.1, 0.15) is 18.4 Å². The number of nitrogens with one attached hydrogen (secondary N) is 1. The van der Waals surface area contributed by atoms with Gasteiger partial charge in [-0.05, 0) is 18.4 Å². The third kappa shape index (κ3) is 3.47. The van der Waals surface area contributed by atoms with Crippen LogP contribution in [0.15, 0.2) is 41.9 Å². The Morgan fingerprint density at radius 1 is 1.25 bits per heavy atom. The van der Waals surface area contributed by atoms with E-state index in [0.717, 1.165) is 5.56 Å². The number of anilines is 1. The summed E-state index contributed by atoms with van der Waals surface area (Å²) < 4.78 is 0. The summed E-state index contributed by atoms with van der Waals surface area (Å²) in [4.78, 5) is 30.0. The number of rotatable bonds is 5. The first-order valence-electron chi connectivity index (χ1n) is 7.81. The Kier molecular flexibility index (Phi) is 4.92. The molecular formula is C17H19N3O3S. The lowest BCUT2D eigenvalue weighted by Crippen LogP contribution is -2.49. The molecule has 1 saturated heterocycles. The third-order valence-corrected chi connectivity index (χ3v) is 5.18. The highest BCUT2D eigenvalue weighted by Gasteiger charge is 2.43. The topological polar surface area (TPSA) is 82.5 Å². The van der Waals surface area contributed by atoms with Crippen molar-refractivity contribution in [2.75, 3.05) is 25.0 Å². The monoisotopic (exact) mass is 345 g/mol. The smallest absolute Gasteiger partial charge is 0.314 e. The number of carboxylic acid groups (broad SMARTS) is 1. The number of amides is 1. The molecule has 1 fully saturated rings. The molecule has 0 bridgehead atoms. The molecule has 126 valence electrons. The van der Waals surface area contributed by atoms with Crippen LogP contribution in [0.5, 0.6) is 0 Å². The van der Waals surface area contributed by atoms with Gasteiger partial charge in [-0.15, -0.1) is 11.3 Å². The normalized spacial score (nSPS) is 17.3. The molecule has 2 N–H and O–H groups in total. The Morgan fingerprint density at radius 2 is 1.96 bits per heavy atom. The summed E-state index contributed by atoms with van der Waals surface area (Å²) >= 11 is 1.37. The molecule has 6 nitrogen and oxygen atoms in total. The van der Waals surface area contributed by atoms with E-state index < -0.39 is 11.4 Å². The summed E-state index contributed by atoms with van der Waals surface area (Å²) in [5.41, 5.74) is -0.0202. The van der Waals surface area contributed by atoms with Gasteiger partial charge in [0.15, 0.2) is 5.13 Å². The predicted octanol–water partition coefficient (Wildman–Crippen LogP) is 2.20. The molecule has 3 rings (SSSR count). The van der Waals surface area contributed by atoms with Gasteiger partial charge in [0.25, 0.3) is 0 Å². The highest BCUT2D eigenvalue weighted by molar-refractivity contribution is 7.13. The minimum Gasteiger partial charge on any atom is -0.481 e. The van der Waals surface area contributed by atoms with Gasteiger partial charge in [-0.1, -0.05) is 30.3 Å². The molecule has 7 heteroatoms. The summed E-state index contributed by atoms with van der Waals surface area (Å²) in [7, 11) is 0. The van der Waals surface area contributed by atoms with Gasteiger partial charge in [-0.2, -0.15) is 0 Å². The molecule has 0 unspecified atom stereocenters. The minimum absolute atomic E-state index is 0.118. The van der Waals surface area contributed by atoms with Gasteiger partial charge in [-0.25, -0.2) is 4.98 Å². The van der Waals surface area contributed by atoms with Gasteiger partial charge in [0.05, 0.1) is 12.0 Å². The Morgan fingerprint density at radius 3 is 2.54 bits per heavy atom. The molecule has 1 amide bonds. The van der Waals surface area contributed by atoms with Gasteiger partial charge in [-0.3, -0.25) is 14.5 Å². The van der Waals surface area contributed by atoms with Crippen LogP contribution in [0.2, 0.25) is 0 Å². The highest BCUT2D eigenvalue weighted by atomic mass is 32.1. The Bertz CT molecular complexity index is 695. The quantitative estimate of drug-likeness (QED) is 0.868. The van der Waals surface area contributed by atoms with Crippen LogP contribution >= 0.6 is 11.3 Å². The maximum Gasteiger partial charge on any atom is 0.314 e. The summed E-state index contributed by atoms with van der Waals surface area (Å²) in [5, 5.41) is 14.9. The number of carbonyl (C=O) groups is 2. The zero-order valence-corrected chi connectivity index (χ0v) is 14.0. The lowest BCUT2D eigenvalue weighted by Gasteiger charge is -2.38. The van der Waals surface area contributed by atoms with Crippen LogP contribution in [0, 0.1) is 0 Å². The number of carboxylic acids is 1. The molecular weight excluding hydrogens is 326 g/mol. The van der Waals surface area contributed by atoms with Crippen molar-refractivity contribution in [3.63, 3.8) is 0 Å². The summed E-state index contributed by atoms with van der Waals surface area (Å²) in [5.74, 6) is -0.909. The highest BCUT2D eigenvalue weighted by Crippen LogP contribution is 2.35. The first-order chi connectivity index (χ1) is 11.6. The van der Waals surface area contributed by atoms with Crippen molar-refractivity contribution in [3.8, 4) is 0 Å². The molecule has 0 atom stereocenters. The molecule has 1 aromatic heterocycles. The average Bonchev–Trinajstić information content (AvgIpc) is 3.09. The van der Waals surface area contributed by atoms with Gasteiger partial charge < -0.3 is 10.4 Å². The number of nitrogens with zero attached hydrogens (tertiary/aromatic N) is 2. The number of piperidine rings is 1. The zero-order valence-electron chi connectivity index (χ0n) is 13.1. The molecule has 1 aliphatic heterocycles. The van der Waals surface area contributed by atoms with E-state index in [1.54, 1.807) is 11.6 Å². The lowest BCUT2D eigenvalue weighted by molar-refractivity contribution is -0.146. The summed E-state index contributed by atoms with van der Waals surface area (Å²) in [6.45, 7) is 1.41. The van der Waals surface area contributed by atoms with Gasteiger partial charge in [0.1, 0.15) is 0 Å². The number of hydrogen-bond donors (Lipinski definition) is 2. The SMILES string of the molecule is O=C(CN1CCC(C(=O)O)(c2ccccc2)CC1)Nc1nccs1. The number of thiazole rings is 1. The number of benzene rings is 1. The number of hydrogen-bond acceptors (Lipinski definition) is 5. The van der Waals surface area contributed by atoms with Crippen LogP contribution in [0.4, 0.5) is 5.13 Å². The van der Waals surface area contributed by atoms with E-state index in [1.807, 2.05) is 35.2 Å². The van der Waals surface area contributed by atoms with Gasteiger partial charge in [0.2, 0.25) is 5.91 Å². The second kappa shape index (κ2) is 7.11. The minimum atomic E-state index is -0.858. The molecule has 1 aliphatic rings. The maximum absolute atomic E-state index is 12.0. The second-order valence-corrected chi connectivity index (χ2v) is 6.81. The van der Waals surface area contributed by atoms with Gasteiger partial charge >= 0.3 is 5.97 Å². The van der Waals surface area contributed by atoms with Crippen LogP contribution in [-0.2, 0) is 15.0 Å². The lowest BCUT2D eigenvalue weighted by atomic mass is 9.73. The van der Waals surface area contributed by atoms with Gasteiger partial charge in [0, 0.05) is 24.7 Å². The van der Waals surface area contributed by atoms with Crippen molar-refractivity contribution in [1.82, 2.24) is 9.88 Å². The fourth-order valence-electron chi connectivity index (χ4n) is 3.12. The summed E-state index contributed by atoms with van der Waals surface area (Å²) in [6.07, 6.45) is 2.63. The fourth-order valence-corrected chi connectivity index (χ4v) is 3.67. The van der Waals surface area contributed by atoms with Crippen molar-refractivity contribution in [3.05, 3.63) is 47.5 Å². The molecule has 24 heavy (non-hydrogen) atoms. The van der Waals surface area contributed by atoms with Crippen LogP contribution in [0.3, 0.4) is 0 Å². The molecule has 0 radical (unpaired) electrons. The number of aliphatic carboxylic acids is 1. The first kappa shape index (κ1) is 16.6. The van der Waals surface area contributed by atoms with Crippen LogP contribution < -0.4 is 5.32 Å². The van der Waals surface area contributed by atoms with Crippen molar-refractivity contribution in [2.45, 2.75) is 18.3 Å². The molecule has 0 saturated carbocycles. The van der Waals surface area contributed by atoms with E-state index >= 15 is 0 Å². The Labute approximate surface area is 144 Å². The van der Waals surface area contributed by atoms with E-state index in [1.165, 1.54) is 11.3 Å². The number of aromatic nitrogens is 1. The van der Waals surface area contributed by atoms with Crippen LogP contribution in [0.25, 0.3) is 0 Å². The van der Waals surface area contributed by atoms with E-state index in [-0.39, 0.29) is 12.5 Å². The number of likely N-dealkylation sites (tertiary alicyclic amines) is 1. The predicted molar refractivity (Wildman–Crippen MR) is 92.2 cm³/mol. The van der Waals surface area contributed by atoms with E-state index in [9.17, 15) is 14.7 Å². The zero-order chi connectivity index (χ0) is 17.0. The maximum atomic E-state index is 12.0. The molecule has 2 heterocycles. The van der Waals surface area contributed by atoms with E-state index in [4.69, 9.17) is 0 Å². The number of carbonyl (C=O) groups excluding carboxylic acids is 1. The Hall–Kier alpha value is -2.25. The molecule has 0 spiro atoms. The van der Waals surface area contributed by atoms with Crippen molar-refractivity contribution in [2.24, 2.45) is 0 Å².